The molecule has 2 aliphatic heterocycles. The molecule has 0 spiro atoms. The number of rotatable bonds is 1. The van der Waals surface area contributed by atoms with E-state index in [0.29, 0.717) is 0 Å². The van der Waals surface area contributed by atoms with Crippen LogP contribution >= 0.6 is 0 Å². The number of hydrogen-bond acceptors (Lipinski definition) is 1. The number of anilines is 3. The molecule has 0 unspecified atom stereocenters. The summed E-state index contributed by atoms with van der Waals surface area (Å²) in [7, 11) is 0. The summed E-state index contributed by atoms with van der Waals surface area (Å²) < 4.78 is 0. The van der Waals surface area contributed by atoms with Crippen molar-refractivity contribution in [1.82, 2.24) is 0 Å². The Hall–Kier alpha value is -3.26. The van der Waals surface area contributed by atoms with Crippen molar-refractivity contribution in [1.29, 1.82) is 0 Å². The van der Waals surface area contributed by atoms with Crippen LogP contribution in [0.3, 0.4) is 0 Å². The Morgan fingerprint density at radius 1 is 0.625 bits per heavy atom. The maximum atomic E-state index is 2.53. The number of para-hydroxylation sites is 1. The Morgan fingerprint density at radius 3 is 2.09 bits per heavy atom. The molecule has 2 heteroatoms. The molecule has 6 rings (SSSR count). The maximum absolute atomic E-state index is 2.53. The van der Waals surface area contributed by atoms with Gasteiger partial charge < -0.3 is 4.90 Å². The lowest BCUT2D eigenvalue weighted by Gasteiger charge is -2.46. The van der Waals surface area contributed by atoms with Crippen LogP contribution in [0.2, 0.25) is 0 Å². The Kier molecular flexibility index (Phi) is 4.02. The van der Waals surface area contributed by atoms with Gasteiger partial charge in [0.1, 0.15) is 0 Å². The normalized spacial score (nSPS) is 15.2. The molecule has 156 valence electrons. The molecule has 0 aliphatic carbocycles. The number of benzene rings is 4. The van der Waals surface area contributed by atoms with E-state index in [4.69, 9.17) is 0 Å². The third-order valence-electron chi connectivity index (χ3n) is 7.65. The summed E-state index contributed by atoms with van der Waals surface area (Å²) in [6, 6.07) is 29.6. The molecule has 0 radical (unpaired) electrons. The SMILES string of the molecule is Cc1ccc(N2c3c(C)cccc3B3c4ccccc4C(C)(C)c4ccc(C)c2c43)cc1. The fourth-order valence-corrected chi connectivity index (χ4v) is 6.08. The van der Waals surface area contributed by atoms with E-state index in [1.807, 2.05) is 0 Å². The number of aryl methyl sites for hydroxylation is 3. The third-order valence-corrected chi connectivity index (χ3v) is 7.65. The first kappa shape index (κ1) is 19.4. The molecule has 0 saturated heterocycles. The molecule has 4 aromatic rings. The quantitative estimate of drug-likeness (QED) is 0.326. The third kappa shape index (κ3) is 2.47. The molecule has 0 saturated carbocycles. The standard InChI is InChI=1S/C30H28BN/c1-19-13-16-22(17-14-19)32-28-20(2)9-8-12-26(28)31-25-11-7-6-10-23(25)30(4,5)24-18-15-21(3)29(32)27(24)31/h6-18H,1-5H3. The van der Waals surface area contributed by atoms with Crippen molar-refractivity contribution in [2.24, 2.45) is 0 Å². The van der Waals surface area contributed by atoms with Gasteiger partial charge in [-0.1, -0.05) is 91.6 Å². The second kappa shape index (κ2) is 6.62. The molecule has 0 atom stereocenters. The maximum Gasteiger partial charge on any atom is 0.247 e. The van der Waals surface area contributed by atoms with Gasteiger partial charge in [0, 0.05) is 22.5 Å². The molecule has 0 bridgehead atoms. The summed E-state index contributed by atoms with van der Waals surface area (Å²) in [6.45, 7) is 11.7. The molecule has 4 aromatic carbocycles. The first-order valence-corrected chi connectivity index (χ1v) is 11.6. The van der Waals surface area contributed by atoms with Gasteiger partial charge in [-0.3, -0.25) is 0 Å². The van der Waals surface area contributed by atoms with Gasteiger partial charge in [-0.15, -0.1) is 0 Å². The van der Waals surface area contributed by atoms with Crippen molar-refractivity contribution in [2.45, 2.75) is 40.0 Å². The van der Waals surface area contributed by atoms with Crippen LogP contribution in [0.5, 0.6) is 0 Å². The summed E-state index contributed by atoms with van der Waals surface area (Å²) in [4.78, 5) is 2.53. The lowest BCUT2D eigenvalue weighted by Crippen LogP contribution is -2.64. The number of hydrogen-bond donors (Lipinski definition) is 0. The lowest BCUT2D eigenvalue weighted by molar-refractivity contribution is 0.645. The predicted octanol–water partition coefficient (Wildman–Crippen LogP) is 5.55. The van der Waals surface area contributed by atoms with Gasteiger partial charge in [0.15, 0.2) is 0 Å². The summed E-state index contributed by atoms with van der Waals surface area (Å²) >= 11 is 0. The highest BCUT2D eigenvalue weighted by Crippen LogP contribution is 2.44. The number of nitrogens with zero attached hydrogens (tertiary/aromatic N) is 1. The van der Waals surface area contributed by atoms with Gasteiger partial charge in [0.2, 0.25) is 6.71 Å². The topological polar surface area (TPSA) is 3.24 Å². The van der Waals surface area contributed by atoms with E-state index in [9.17, 15) is 0 Å². The predicted molar refractivity (Wildman–Crippen MR) is 139 cm³/mol. The van der Waals surface area contributed by atoms with Crippen molar-refractivity contribution in [2.75, 3.05) is 4.90 Å². The zero-order valence-electron chi connectivity index (χ0n) is 19.5. The Balaban J connectivity index is 1.77. The molecule has 2 heterocycles. The fraction of sp³-hybridized carbons (Fsp3) is 0.200. The van der Waals surface area contributed by atoms with Gasteiger partial charge in [0.05, 0.1) is 0 Å². The van der Waals surface area contributed by atoms with Gasteiger partial charge >= 0.3 is 0 Å². The van der Waals surface area contributed by atoms with E-state index in [2.05, 4.69) is 118 Å². The summed E-state index contributed by atoms with van der Waals surface area (Å²) in [6.07, 6.45) is 0. The smallest absolute Gasteiger partial charge is 0.247 e. The Morgan fingerprint density at radius 2 is 1.31 bits per heavy atom. The van der Waals surface area contributed by atoms with Crippen molar-refractivity contribution in [3.05, 3.63) is 107 Å². The largest absolute Gasteiger partial charge is 0.311 e. The molecule has 0 amide bonds. The second-order valence-electron chi connectivity index (χ2n) is 10.0. The first-order valence-electron chi connectivity index (χ1n) is 11.6. The summed E-state index contributed by atoms with van der Waals surface area (Å²) in [5, 5.41) is 0. The monoisotopic (exact) mass is 413 g/mol. The zero-order valence-corrected chi connectivity index (χ0v) is 19.5. The second-order valence-corrected chi connectivity index (χ2v) is 10.0. The molecule has 32 heavy (non-hydrogen) atoms. The van der Waals surface area contributed by atoms with Gasteiger partial charge in [-0.05, 0) is 66.1 Å². The Labute approximate surface area is 191 Å². The van der Waals surface area contributed by atoms with Crippen LogP contribution in [0.4, 0.5) is 17.1 Å². The highest BCUT2D eigenvalue weighted by molar-refractivity contribution is 6.99. The zero-order chi connectivity index (χ0) is 22.2. The van der Waals surface area contributed by atoms with E-state index in [0.717, 1.165) is 0 Å². The van der Waals surface area contributed by atoms with Crippen LogP contribution in [-0.2, 0) is 5.41 Å². The van der Waals surface area contributed by atoms with E-state index >= 15 is 0 Å². The highest BCUT2D eigenvalue weighted by Gasteiger charge is 2.46. The molecule has 0 N–H and O–H groups in total. The van der Waals surface area contributed by atoms with Crippen LogP contribution in [0.15, 0.2) is 78.9 Å². The molecular weight excluding hydrogens is 385 g/mol. The highest BCUT2D eigenvalue weighted by atomic mass is 15.2. The fourth-order valence-electron chi connectivity index (χ4n) is 6.08. The van der Waals surface area contributed by atoms with Crippen molar-refractivity contribution >= 4 is 40.2 Å². The van der Waals surface area contributed by atoms with Crippen molar-refractivity contribution < 1.29 is 0 Å². The molecular formula is C30H28BN. The average Bonchev–Trinajstić information content (AvgIpc) is 2.78. The summed E-state index contributed by atoms with van der Waals surface area (Å²) in [5.74, 6) is 0. The van der Waals surface area contributed by atoms with Gasteiger partial charge in [0.25, 0.3) is 0 Å². The van der Waals surface area contributed by atoms with Crippen molar-refractivity contribution in [3.8, 4) is 0 Å². The summed E-state index contributed by atoms with van der Waals surface area (Å²) in [5.41, 5.74) is 15.1. The molecule has 0 aromatic heterocycles. The first-order chi connectivity index (χ1) is 15.4. The van der Waals surface area contributed by atoms with Gasteiger partial charge in [-0.25, -0.2) is 0 Å². The minimum absolute atomic E-state index is 0.0366. The van der Waals surface area contributed by atoms with Crippen molar-refractivity contribution in [3.63, 3.8) is 0 Å². The minimum atomic E-state index is -0.0366. The van der Waals surface area contributed by atoms with E-state index in [-0.39, 0.29) is 12.1 Å². The molecule has 1 nitrogen and oxygen atoms in total. The van der Waals surface area contributed by atoms with E-state index in [1.54, 1.807) is 0 Å². The minimum Gasteiger partial charge on any atom is -0.311 e. The van der Waals surface area contributed by atoms with Crippen LogP contribution in [0.1, 0.15) is 41.7 Å². The van der Waals surface area contributed by atoms with Crippen LogP contribution < -0.4 is 21.3 Å². The Bertz CT molecular complexity index is 1380. The van der Waals surface area contributed by atoms with Crippen LogP contribution in [0.25, 0.3) is 0 Å². The van der Waals surface area contributed by atoms with E-state index in [1.165, 1.54) is 61.3 Å². The van der Waals surface area contributed by atoms with E-state index < -0.39 is 0 Å². The molecule has 0 fully saturated rings. The van der Waals surface area contributed by atoms with Crippen LogP contribution in [0, 0.1) is 20.8 Å². The van der Waals surface area contributed by atoms with Gasteiger partial charge in [-0.2, -0.15) is 0 Å². The molecule has 2 aliphatic rings. The average molecular weight is 413 g/mol. The number of fused-ring (bicyclic) bond motifs is 4. The lowest BCUT2D eigenvalue weighted by atomic mass is 9.30. The van der Waals surface area contributed by atoms with Crippen LogP contribution in [-0.4, -0.2) is 6.71 Å².